The Morgan fingerprint density at radius 3 is 2.74 bits per heavy atom. The van der Waals surface area contributed by atoms with E-state index >= 15 is 0 Å². The van der Waals surface area contributed by atoms with Gasteiger partial charge in [-0.3, -0.25) is 14.3 Å². The fraction of sp³-hybridized carbons (Fsp3) is 0.722. The highest BCUT2D eigenvalue weighted by atomic mass is 16.1. The number of fused-ring (bicyclic) bond motifs is 2. The Bertz CT molecular complexity index is 626. The standard InChI is InChI=1S/C18H25N3O2/c19-18(23)16-10-20-21-4-3-11(8-17(16)21)1-2-15(22)7-12-5-13-9-14(13)6-12/h10-14H,1-9H2,(H2,19,23). The lowest BCUT2D eigenvalue weighted by Crippen LogP contribution is -2.23. The van der Waals surface area contributed by atoms with Gasteiger partial charge in [-0.1, -0.05) is 0 Å². The molecule has 1 aromatic heterocycles. The number of aromatic nitrogens is 2. The molecule has 0 radical (unpaired) electrons. The van der Waals surface area contributed by atoms with E-state index in [1.165, 1.54) is 19.3 Å². The minimum Gasteiger partial charge on any atom is -0.365 e. The van der Waals surface area contributed by atoms with Crippen LogP contribution in [0.15, 0.2) is 6.20 Å². The minimum absolute atomic E-state index is 0.400. The van der Waals surface area contributed by atoms with Crippen molar-refractivity contribution in [3.8, 4) is 0 Å². The summed E-state index contributed by atoms with van der Waals surface area (Å²) >= 11 is 0. The van der Waals surface area contributed by atoms with E-state index in [1.807, 2.05) is 4.68 Å². The Balaban J connectivity index is 1.27. The maximum absolute atomic E-state index is 12.2. The molecule has 5 nitrogen and oxygen atoms in total. The molecule has 0 spiro atoms. The van der Waals surface area contributed by atoms with Crippen LogP contribution in [0.3, 0.4) is 0 Å². The second-order valence-electron chi connectivity index (χ2n) is 7.83. The van der Waals surface area contributed by atoms with E-state index in [1.54, 1.807) is 6.20 Å². The van der Waals surface area contributed by atoms with Crippen LogP contribution in [0, 0.1) is 23.7 Å². The summed E-state index contributed by atoms with van der Waals surface area (Å²) in [5.74, 6) is 3.09. The number of carbonyl (C=O) groups is 2. The molecule has 2 heterocycles. The smallest absolute Gasteiger partial charge is 0.252 e. The molecule has 2 aliphatic carbocycles. The van der Waals surface area contributed by atoms with Crippen LogP contribution < -0.4 is 5.73 Å². The summed E-state index contributed by atoms with van der Waals surface area (Å²) in [6, 6.07) is 0. The topological polar surface area (TPSA) is 78.0 Å². The van der Waals surface area contributed by atoms with Crippen molar-refractivity contribution in [3.63, 3.8) is 0 Å². The fourth-order valence-corrected chi connectivity index (χ4v) is 4.75. The molecule has 3 unspecified atom stereocenters. The maximum atomic E-state index is 12.2. The van der Waals surface area contributed by atoms with Crippen LogP contribution >= 0.6 is 0 Å². The molecular formula is C18H25N3O2. The first-order valence-corrected chi connectivity index (χ1v) is 8.96. The van der Waals surface area contributed by atoms with Crippen LogP contribution in [0.5, 0.6) is 0 Å². The van der Waals surface area contributed by atoms with E-state index in [0.29, 0.717) is 29.6 Å². The van der Waals surface area contributed by atoms with Gasteiger partial charge in [0.25, 0.3) is 5.91 Å². The summed E-state index contributed by atoms with van der Waals surface area (Å²) in [7, 11) is 0. The Morgan fingerprint density at radius 1 is 1.22 bits per heavy atom. The lowest BCUT2D eigenvalue weighted by Gasteiger charge is -2.24. The molecule has 23 heavy (non-hydrogen) atoms. The van der Waals surface area contributed by atoms with E-state index in [4.69, 9.17) is 5.73 Å². The molecule has 2 fully saturated rings. The van der Waals surface area contributed by atoms with Gasteiger partial charge in [0.15, 0.2) is 0 Å². The third kappa shape index (κ3) is 3.06. The van der Waals surface area contributed by atoms with Crippen molar-refractivity contribution in [3.05, 3.63) is 17.5 Å². The number of ketones is 1. The largest absolute Gasteiger partial charge is 0.365 e. The zero-order chi connectivity index (χ0) is 16.0. The van der Waals surface area contributed by atoms with Gasteiger partial charge in [-0.25, -0.2) is 0 Å². The third-order valence-corrected chi connectivity index (χ3v) is 6.13. The number of carbonyl (C=O) groups excluding carboxylic acids is 2. The van der Waals surface area contributed by atoms with Crippen LogP contribution in [-0.4, -0.2) is 21.5 Å². The van der Waals surface area contributed by atoms with Gasteiger partial charge in [-0.05, 0) is 62.2 Å². The van der Waals surface area contributed by atoms with Gasteiger partial charge < -0.3 is 5.73 Å². The summed E-state index contributed by atoms with van der Waals surface area (Å²) in [4.78, 5) is 23.7. The average molecular weight is 315 g/mol. The summed E-state index contributed by atoms with van der Waals surface area (Å²) in [5.41, 5.74) is 6.91. The molecule has 124 valence electrons. The minimum atomic E-state index is -0.400. The molecule has 2 saturated carbocycles. The highest BCUT2D eigenvalue weighted by Gasteiger charge is 2.45. The first-order chi connectivity index (χ1) is 11.1. The number of amides is 1. The number of Topliss-reactive ketones (excluding diaryl/α,β-unsaturated/α-hetero) is 1. The van der Waals surface area contributed by atoms with Crippen molar-refractivity contribution in [2.45, 2.75) is 57.9 Å². The molecule has 3 aliphatic rings. The molecule has 1 aromatic rings. The van der Waals surface area contributed by atoms with Crippen LogP contribution in [0.25, 0.3) is 0 Å². The number of nitrogens with two attached hydrogens (primary N) is 1. The van der Waals surface area contributed by atoms with Crippen molar-refractivity contribution in [2.75, 3.05) is 0 Å². The second-order valence-corrected chi connectivity index (χ2v) is 7.83. The van der Waals surface area contributed by atoms with Crippen LogP contribution in [-0.2, 0) is 17.8 Å². The fourth-order valence-electron chi connectivity index (χ4n) is 4.75. The van der Waals surface area contributed by atoms with Crippen molar-refractivity contribution >= 4 is 11.7 Å². The summed E-state index contributed by atoms with van der Waals surface area (Å²) in [6.07, 6.45) is 9.86. The molecule has 5 heteroatoms. The molecule has 0 bridgehead atoms. The van der Waals surface area contributed by atoms with Crippen molar-refractivity contribution < 1.29 is 9.59 Å². The normalized spacial score (nSPS) is 31.5. The Hall–Kier alpha value is -1.65. The van der Waals surface area contributed by atoms with Gasteiger partial charge in [-0.2, -0.15) is 5.10 Å². The average Bonchev–Trinajstić information content (AvgIpc) is 2.96. The molecule has 3 atom stereocenters. The monoisotopic (exact) mass is 315 g/mol. The lowest BCUT2D eigenvalue weighted by atomic mass is 9.88. The number of nitrogens with zero attached hydrogens (tertiary/aromatic N) is 2. The molecule has 4 rings (SSSR count). The Labute approximate surface area is 136 Å². The van der Waals surface area contributed by atoms with Gasteiger partial charge in [0.1, 0.15) is 5.78 Å². The Morgan fingerprint density at radius 2 is 2.00 bits per heavy atom. The van der Waals surface area contributed by atoms with E-state index in [2.05, 4.69) is 5.10 Å². The van der Waals surface area contributed by atoms with E-state index in [9.17, 15) is 9.59 Å². The maximum Gasteiger partial charge on any atom is 0.252 e. The zero-order valence-corrected chi connectivity index (χ0v) is 13.5. The third-order valence-electron chi connectivity index (χ3n) is 6.13. The highest BCUT2D eigenvalue weighted by Crippen LogP contribution is 2.55. The second kappa shape index (κ2) is 5.77. The summed E-state index contributed by atoms with van der Waals surface area (Å²) in [6.45, 7) is 0.827. The quantitative estimate of drug-likeness (QED) is 0.875. The SMILES string of the molecule is NC(=O)c1cnn2c1CC(CCC(=O)CC1CC3CC3C1)CC2. The summed E-state index contributed by atoms with van der Waals surface area (Å²) in [5, 5.41) is 4.24. The van der Waals surface area contributed by atoms with Gasteiger partial charge in [-0.15, -0.1) is 0 Å². The van der Waals surface area contributed by atoms with E-state index in [0.717, 1.165) is 49.8 Å². The Kier molecular flexibility index (Phi) is 3.74. The first-order valence-electron chi connectivity index (χ1n) is 8.96. The number of hydrogen-bond donors (Lipinski definition) is 1. The predicted octanol–water partition coefficient (Wildman–Crippen LogP) is 2.33. The van der Waals surface area contributed by atoms with E-state index < -0.39 is 5.91 Å². The lowest BCUT2D eigenvalue weighted by molar-refractivity contribution is -0.120. The van der Waals surface area contributed by atoms with Crippen LogP contribution in [0.4, 0.5) is 0 Å². The van der Waals surface area contributed by atoms with Gasteiger partial charge >= 0.3 is 0 Å². The number of hydrogen-bond acceptors (Lipinski definition) is 3. The number of primary amides is 1. The first kappa shape index (κ1) is 14.9. The van der Waals surface area contributed by atoms with Crippen molar-refractivity contribution in [2.24, 2.45) is 29.4 Å². The molecular weight excluding hydrogens is 290 g/mol. The predicted molar refractivity (Wildman–Crippen MR) is 85.7 cm³/mol. The zero-order valence-electron chi connectivity index (χ0n) is 13.5. The molecule has 1 aliphatic heterocycles. The molecule has 2 N–H and O–H groups in total. The molecule has 0 aromatic carbocycles. The van der Waals surface area contributed by atoms with Gasteiger partial charge in [0.05, 0.1) is 17.5 Å². The van der Waals surface area contributed by atoms with Gasteiger partial charge in [0.2, 0.25) is 0 Å². The number of aryl methyl sites for hydroxylation is 1. The van der Waals surface area contributed by atoms with Crippen molar-refractivity contribution in [1.82, 2.24) is 9.78 Å². The number of rotatable bonds is 6. The molecule has 0 saturated heterocycles. The van der Waals surface area contributed by atoms with Crippen molar-refractivity contribution in [1.29, 1.82) is 0 Å². The van der Waals surface area contributed by atoms with Crippen LogP contribution in [0.2, 0.25) is 0 Å². The molecule has 1 amide bonds. The highest BCUT2D eigenvalue weighted by molar-refractivity contribution is 5.93. The van der Waals surface area contributed by atoms with Gasteiger partial charge in [0, 0.05) is 19.4 Å². The van der Waals surface area contributed by atoms with Crippen LogP contribution in [0.1, 0.15) is 61.0 Å². The van der Waals surface area contributed by atoms with E-state index in [-0.39, 0.29) is 0 Å². The summed E-state index contributed by atoms with van der Waals surface area (Å²) < 4.78 is 1.89.